The maximum absolute atomic E-state index is 5.89. The van der Waals surface area contributed by atoms with E-state index < -0.39 is 8.32 Å². The monoisotopic (exact) mass is 180 g/mol. The predicted molar refractivity (Wildman–Crippen MR) is 54.6 cm³/mol. The van der Waals surface area contributed by atoms with Crippen LogP contribution in [0.1, 0.15) is 6.92 Å². The highest BCUT2D eigenvalue weighted by Gasteiger charge is 2.19. The van der Waals surface area contributed by atoms with Crippen molar-refractivity contribution in [3.05, 3.63) is 29.5 Å². The number of hydrogen-bond donors (Lipinski definition) is 0. The Morgan fingerprint density at radius 1 is 1.42 bits per heavy atom. The fourth-order valence-corrected chi connectivity index (χ4v) is 2.38. The average Bonchev–Trinajstić information content (AvgIpc) is 2.32. The molecule has 0 saturated heterocycles. The summed E-state index contributed by atoms with van der Waals surface area (Å²) in [7, 11) is -1.40. The Hall–Kier alpha value is -0.563. The van der Waals surface area contributed by atoms with Gasteiger partial charge in [0.1, 0.15) is 0 Å². The molecule has 0 aliphatic heterocycles. The van der Waals surface area contributed by atoms with Crippen LogP contribution in [0.4, 0.5) is 0 Å². The van der Waals surface area contributed by atoms with Gasteiger partial charge in [0.15, 0.2) is 8.32 Å². The molecule has 0 aromatic carbocycles. The molecule has 66 valence electrons. The van der Waals surface area contributed by atoms with Crippen LogP contribution in [-0.2, 0) is 4.43 Å². The first kappa shape index (κ1) is 9.52. The highest BCUT2D eigenvalue weighted by molar-refractivity contribution is 6.69. The molecule has 1 aliphatic carbocycles. The molecule has 1 rings (SSSR count). The van der Waals surface area contributed by atoms with Crippen LogP contribution in [0, 0.1) is 0 Å². The van der Waals surface area contributed by atoms with Gasteiger partial charge in [0.25, 0.3) is 0 Å². The highest BCUT2D eigenvalue weighted by Crippen LogP contribution is 2.15. The van der Waals surface area contributed by atoms with E-state index in [0.29, 0.717) is 0 Å². The fraction of sp³-hybridized carbons (Fsp3) is 0.500. The summed E-state index contributed by atoms with van der Waals surface area (Å²) < 4.78 is 5.89. The van der Waals surface area contributed by atoms with E-state index in [9.17, 15) is 0 Å². The maximum Gasteiger partial charge on any atom is 0.184 e. The summed E-state index contributed by atoms with van der Waals surface area (Å²) in [6, 6.07) is 0. The molecule has 2 heteroatoms. The zero-order chi connectivity index (χ0) is 9.19. The van der Waals surface area contributed by atoms with E-state index in [0.717, 1.165) is 5.57 Å². The molecule has 0 aromatic rings. The minimum absolute atomic E-state index is 0.201. The fourth-order valence-electron chi connectivity index (χ4n) is 1.19. The third-order valence-electron chi connectivity index (χ3n) is 1.59. The Kier molecular flexibility index (Phi) is 2.73. The molecule has 0 amide bonds. The minimum atomic E-state index is -1.40. The van der Waals surface area contributed by atoms with Crippen molar-refractivity contribution in [3.8, 4) is 0 Å². The lowest BCUT2D eigenvalue weighted by molar-refractivity contribution is 0.254. The van der Waals surface area contributed by atoms with Gasteiger partial charge in [0, 0.05) is 5.57 Å². The second kappa shape index (κ2) is 3.44. The molecule has 0 fully saturated rings. The van der Waals surface area contributed by atoms with Crippen LogP contribution in [0.25, 0.3) is 0 Å². The second-order valence-corrected chi connectivity index (χ2v) is 8.46. The summed E-state index contributed by atoms with van der Waals surface area (Å²) in [5.74, 6) is 0. The van der Waals surface area contributed by atoms with Crippen LogP contribution in [0.2, 0.25) is 19.6 Å². The quantitative estimate of drug-likeness (QED) is 0.479. The van der Waals surface area contributed by atoms with Gasteiger partial charge < -0.3 is 4.43 Å². The third kappa shape index (κ3) is 2.82. The van der Waals surface area contributed by atoms with Crippen LogP contribution in [0.5, 0.6) is 0 Å². The summed E-state index contributed by atoms with van der Waals surface area (Å²) in [5.41, 5.74) is 4.32. The standard InChI is InChI=1S/C10H16OSi/c1-9(11-12(2,3)4)10-7-5-6-8-10/h5-7,9H,1-4H3/t9-/m0/s1. The molecule has 0 aromatic heterocycles. The van der Waals surface area contributed by atoms with Crippen molar-refractivity contribution in [1.82, 2.24) is 0 Å². The van der Waals surface area contributed by atoms with Gasteiger partial charge in [-0.3, -0.25) is 0 Å². The highest BCUT2D eigenvalue weighted by atomic mass is 28.4. The van der Waals surface area contributed by atoms with Crippen molar-refractivity contribution in [3.63, 3.8) is 0 Å². The Labute approximate surface area is 75.6 Å². The van der Waals surface area contributed by atoms with Crippen molar-refractivity contribution < 1.29 is 4.43 Å². The van der Waals surface area contributed by atoms with E-state index in [-0.39, 0.29) is 6.10 Å². The van der Waals surface area contributed by atoms with E-state index in [4.69, 9.17) is 4.43 Å². The molecule has 0 heterocycles. The lowest BCUT2D eigenvalue weighted by Crippen LogP contribution is -2.30. The van der Waals surface area contributed by atoms with E-state index >= 15 is 0 Å². The normalized spacial score (nSPS) is 18.2. The molecular weight excluding hydrogens is 164 g/mol. The summed E-state index contributed by atoms with van der Waals surface area (Å²) in [6.45, 7) is 8.69. The van der Waals surface area contributed by atoms with Crippen molar-refractivity contribution in [2.75, 3.05) is 0 Å². The first-order valence-electron chi connectivity index (χ1n) is 4.30. The molecule has 12 heavy (non-hydrogen) atoms. The van der Waals surface area contributed by atoms with Crippen LogP contribution in [0.15, 0.2) is 29.5 Å². The molecule has 1 atom stereocenters. The lowest BCUT2D eigenvalue weighted by Gasteiger charge is -2.23. The van der Waals surface area contributed by atoms with Gasteiger partial charge in [0.05, 0.1) is 6.10 Å². The first-order valence-corrected chi connectivity index (χ1v) is 7.71. The SMILES string of the molecule is C[C@H](O[Si](C)(C)C)C1=C=CC=C1. The van der Waals surface area contributed by atoms with E-state index in [1.165, 1.54) is 0 Å². The van der Waals surface area contributed by atoms with Crippen LogP contribution in [0.3, 0.4) is 0 Å². The van der Waals surface area contributed by atoms with Crippen molar-refractivity contribution >= 4 is 8.32 Å². The Morgan fingerprint density at radius 3 is 2.50 bits per heavy atom. The molecule has 0 bridgehead atoms. The van der Waals surface area contributed by atoms with Gasteiger partial charge in [0.2, 0.25) is 0 Å². The molecular formula is C10H16OSi. The molecule has 0 spiro atoms. The topological polar surface area (TPSA) is 9.23 Å². The lowest BCUT2D eigenvalue weighted by atomic mass is 10.2. The minimum Gasteiger partial charge on any atom is -0.410 e. The Morgan fingerprint density at radius 2 is 2.08 bits per heavy atom. The molecule has 0 unspecified atom stereocenters. The smallest absolute Gasteiger partial charge is 0.184 e. The number of rotatable bonds is 3. The van der Waals surface area contributed by atoms with Gasteiger partial charge in [-0.2, -0.15) is 0 Å². The summed E-state index contributed by atoms with van der Waals surface area (Å²) in [6.07, 6.45) is 6.19. The Balaban J connectivity index is 2.55. The van der Waals surface area contributed by atoms with E-state index in [1.54, 1.807) is 0 Å². The van der Waals surface area contributed by atoms with Crippen molar-refractivity contribution in [1.29, 1.82) is 0 Å². The van der Waals surface area contributed by atoms with Gasteiger partial charge in [-0.1, -0.05) is 6.08 Å². The number of hydrogen-bond acceptors (Lipinski definition) is 1. The Bertz CT molecular complexity index is 252. The molecule has 1 aliphatic rings. The van der Waals surface area contributed by atoms with Gasteiger partial charge in [-0.05, 0) is 38.7 Å². The summed E-state index contributed by atoms with van der Waals surface area (Å²) >= 11 is 0. The van der Waals surface area contributed by atoms with Crippen LogP contribution < -0.4 is 0 Å². The third-order valence-corrected chi connectivity index (χ3v) is 2.65. The van der Waals surface area contributed by atoms with E-state index in [2.05, 4.69) is 38.4 Å². The average molecular weight is 180 g/mol. The zero-order valence-corrected chi connectivity index (χ0v) is 9.22. The van der Waals surface area contributed by atoms with Gasteiger partial charge in [-0.15, -0.1) is 5.73 Å². The predicted octanol–water partition coefficient (Wildman–Crippen LogP) is 2.88. The molecule has 0 radical (unpaired) electrons. The molecule has 0 saturated carbocycles. The second-order valence-electron chi connectivity index (χ2n) is 4.00. The molecule has 0 N–H and O–H groups in total. The summed E-state index contributed by atoms with van der Waals surface area (Å²) in [5, 5.41) is 0. The zero-order valence-electron chi connectivity index (χ0n) is 8.22. The van der Waals surface area contributed by atoms with Gasteiger partial charge >= 0.3 is 0 Å². The largest absolute Gasteiger partial charge is 0.410 e. The maximum atomic E-state index is 5.89. The first-order chi connectivity index (χ1) is 5.49. The van der Waals surface area contributed by atoms with Crippen LogP contribution in [-0.4, -0.2) is 14.4 Å². The van der Waals surface area contributed by atoms with E-state index in [1.807, 2.05) is 12.2 Å². The van der Waals surface area contributed by atoms with Crippen molar-refractivity contribution in [2.24, 2.45) is 0 Å². The van der Waals surface area contributed by atoms with Crippen LogP contribution >= 0.6 is 0 Å². The summed E-state index contributed by atoms with van der Waals surface area (Å²) in [4.78, 5) is 0. The molecule has 1 nitrogen and oxygen atoms in total. The number of allylic oxidation sites excluding steroid dienone is 1. The van der Waals surface area contributed by atoms with Crippen molar-refractivity contribution in [2.45, 2.75) is 32.7 Å². The van der Waals surface area contributed by atoms with Gasteiger partial charge in [-0.25, -0.2) is 0 Å².